The zero-order valence-corrected chi connectivity index (χ0v) is 13.5. The number of halogens is 2. The fourth-order valence-electron chi connectivity index (χ4n) is 2.56. The lowest BCUT2D eigenvalue weighted by Crippen LogP contribution is -2.42. The number of nitrogens with zero attached hydrogens (tertiary/aromatic N) is 4. The topological polar surface area (TPSA) is 105 Å². The molecule has 0 unspecified atom stereocenters. The summed E-state index contributed by atoms with van der Waals surface area (Å²) in [7, 11) is 1.66. The molecule has 0 saturated carbocycles. The molecule has 0 bridgehead atoms. The van der Waals surface area contributed by atoms with Crippen LogP contribution in [-0.4, -0.2) is 61.3 Å². The summed E-state index contributed by atoms with van der Waals surface area (Å²) < 4.78 is 22.0. The Labute approximate surface area is 138 Å². The number of aromatic nitrogens is 4. The van der Waals surface area contributed by atoms with E-state index in [0.717, 1.165) is 0 Å². The van der Waals surface area contributed by atoms with Crippen LogP contribution >= 0.6 is 15.9 Å². The molecule has 1 aliphatic rings. The molecule has 3 rings (SSSR count). The minimum atomic E-state index is -2.53. The second kappa shape index (κ2) is 5.68. The zero-order chi connectivity index (χ0) is 16.8. The summed E-state index contributed by atoms with van der Waals surface area (Å²) >= 11 is 3.17. The maximum Gasteiger partial charge on any atom is 0.243 e. The maximum atomic E-state index is 15.1. The quantitative estimate of drug-likeness (QED) is 0.512. The van der Waals surface area contributed by atoms with Gasteiger partial charge in [-0.3, -0.25) is 4.57 Å². The van der Waals surface area contributed by atoms with Crippen LogP contribution in [0.2, 0.25) is 0 Å². The molecule has 0 aromatic carbocycles. The van der Waals surface area contributed by atoms with Crippen LogP contribution in [0.3, 0.4) is 0 Å². The van der Waals surface area contributed by atoms with Crippen LogP contribution in [0.5, 0.6) is 0 Å². The van der Waals surface area contributed by atoms with E-state index in [1.165, 1.54) is 10.9 Å². The van der Waals surface area contributed by atoms with Gasteiger partial charge in [-0.25, -0.2) is 19.3 Å². The molecule has 0 spiro atoms. The third kappa shape index (κ3) is 2.28. The summed E-state index contributed by atoms with van der Waals surface area (Å²) in [5.41, 5.74) is -1.87. The Morgan fingerprint density at radius 1 is 1.61 bits per heavy atom. The van der Waals surface area contributed by atoms with Gasteiger partial charge in [0.2, 0.25) is 10.4 Å². The fourth-order valence-corrected chi connectivity index (χ4v) is 2.90. The number of aliphatic hydroxyl groups is 2. The van der Waals surface area contributed by atoms with Crippen LogP contribution in [0.25, 0.3) is 11.2 Å². The van der Waals surface area contributed by atoms with E-state index in [9.17, 15) is 10.2 Å². The number of hydrogen-bond acceptors (Lipinski definition) is 7. The minimum Gasteiger partial charge on any atom is -0.394 e. The van der Waals surface area contributed by atoms with Crippen molar-refractivity contribution in [2.24, 2.45) is 0 Å². The van der Waals surface area contributed by atoms with Gasteiger partial charge < -0.3 is 20.3 Å². The molecule has 4 atom stereocenters. The molecule has 1 aliphatic heterocycles. The summed E-state index contributed by atoms with van der Waals surface area (Å²) in [4.78, 5) is 12.4. The molecular weight excluding hydrogens is 373 g/mol. The van der Waals surface area contributed by atoms with Gasteiger partial charge in [-0.2, -0.15) is 0 Å². The van der Waals surface area contributed by atoms with Gasteiger partial charge in [-0.1, -0.05) is 5.92 Å². The van der Waals surface area contributed by atoms with Crippen molar-refractivity contribution in [3.63, 3.8) is 0 Å². The Bertz CT molecular complexity index is 794. The first-order valence-corrected chi connectivity index (χ1v) is 7.44. The van der Waals surface area contributed by atoms with Crippen molar-refractivity contribution in [1.29, 1.82) is 0 Å². The summed E-state index contributed by atoms with van der Waals surface area (Å²) in [5.74, 6) is 2.36. The van der Waals surface area contributed by atoms with Crippen LogP contribution in [0.4, 0.5) is 10.2 Å². The smallest absolute Gasteiger partial charge is 0.243 e. The highest BCUT2D eigenvalue weighted by atomic mass is 79.9. The van der Waals surface area contributed by atoms with E-state index in [-0.39, 0.29) is 10.4 Å². The van der Waals surface area contributed by atoms with Gasteiger partial charge in [0.25, 0.3) is 0 Å². The number of aliphatic hydroxyl groups excluding tert-OH is 2. The first-order valence-electron chi connectivity index (χ1n) is 6.65. The summed E-state index contributed by atoms with van der Waals surface area (Å²) in [5, 5.41) is 22.1. The number of imidazole rings is 1. The summed E-state index contributed by atoms with van der Waals surface area (Å²) in [6.07, 6.45) is 2.37. The van der Waals surface area contributed by atoms with Gasteiger partial charge in [0, 0.05) is 7.05 Å². The predicted octanol–water partition coefficient (Wildman–Crippen LogP) is 0.223. The predicted molar refractivity (Wildman–Crippen MR) is 82.2 cm³/mol. The second-order valence-corrected chi connectivity index (χ2v) is 5.69. The van der Waals surface area contributed by atoms with E-state index in [1.54, 1.807) is 7.05 Å². The van der Waals surface area contributed by atoms with Gasteiger partial charge in [0.1, 0.15) is 12.2 Å². The third-order valence-electron chi connectivity index (χ3n) is 3.73. The monoisotopic (exact) mass is 385 g/mol. The molecule has 8 nitrogen and oxygen atoms in total. The molecule has 2 aromatic heterocycles. The largest absolute Gasteiger partial charge is 0.394 e. The van der Waals surface area contributed by atoms with Crippen molar-refractivity contribution >= 4 is 32.9 Å². The Morgan fingerprint density at radius 3 is 2.96 bits per heavy atom. The van der Waals surface area contributed by atoms with Crippen molar-refractivity contribution in [2.75, 3.05) is 19.0 Å². The lowest BCUT2D eigenvalue weighted by atomic mass is 9.97. The summed E-state index contributed by atoms with van der Waals surface area (Å²) in [6.45, 7) is -0.571. The van der Waals surface area contributed by atoms with Crippen molar-refractivity contribution < 1.29 is 19.3 Å². The number of nitrogens with one attached hydrogen (secondary N) is 1. The number of rotatable bonds is 3. The molecule has 23 heavy (non-hydrogen) atoms. The number of alkyl halides is 1. The normalized spacial score (nSPS) is 30.5. The number of terminal acetylenes is 1. The molecular formula is C13H13BrFN5O3. The number of fused-ring (bicyclic) bond motifs is 1. The van der Waals surface area contributed by atoms with Crippen LogP contribution in [0.1, 0.15) is 6.23 Å². The second-order valence-electron chi connectivity index (χ2n) is 4.98. The molecule has 1 saturated heterocycles. The lowest BCUT2D eigenvalue weighted by molar-refractivity contribution is -0.0504. The Balaban J connectivity index is 2.17. The number of anilines is 1. The highest BCUT2D eigenvalue weighted by molar-refractivity contribution is 9.10. The minimum absolute atomic E-state index is 0.263. The van der Waals surface area contributed by atoms with Crippen molar-refractivity contribution in [3.05, 3.63) is 11.1 Å². The molecule has 3 N–H and O–H groups in total. The molecule has 0 radical (unpaired) electrons. The van der Waals surface area contributed by atoms with E-state index < -0.39 is 30.7 Å². The Hall–Kier alpha value is -1.80. The molecule has 1 fully saturated rings. The van der Waals surface area contributed by atoms with Gasteiger partial charge >= 0.3 is 0 Å². The van der Waals surface area contributed by atoms with Crippen molar-refractivity contribution in [1.82, 2.24) is 19.5 Å². The fraction of sp³-hybridized carbons (Fsp3) is 0.462. The maximum absolute atomic E-state index is 15.1. The van der Waals surface area contributed by atoms with E-state index in [4.69, 9.17) is 11.2 Å². The first-order chi connectivity index (χ1) is 11.0. The molecule has 10 heteroatoms. The Morgan fingerprint density at radius 2 is 2.35 bits per heavy atom. The highest BCUT2D eigenvalue weighted by Gasteiger charge is 2.57. The first kappa shape index (κ1) is 16.1. The van der Waals surface area contributed by atoms with Crippen LogP contribution in [0.15, 0.2) is 11.1 Å². The van der Waals surface area contributed by atoms with Gasteiger partial charge in [0.05, 0.1) is 12.9 Å². The van der Waals surface area contributed by atoms with E-state index >= 15 is 4.39 Å². The van der Waals surface area contributed by atoms with Crippen molar-refractivity contribution in [2.45, 2.75) is 24.1 Å². The number of hydrogen-bond donors (Lipinski definition) is 3. The van der Waals surface area contributed by atoms with Crippen LogP contribution in [0, 0.1) is 12.3 Å². The van der Waals surface area contributed by atoms with Crippen LogP contribution < -0.4 is 5.32 Å². The Kier molecular flexibility index (Phi) is 3.97. The molecule has 0 aliphatic carbocycles. The van der Waals surface area contributed by atoms with Crippen LogP contribution in [-0.2, 0) is 4.74 Å². The molecule has 0 amide bonds. The summed E-state index contributed by atoms with van der Waals surface area (Å²) in [6, 6.07) is 0. The van der Waals surface area contributed by atoms with Gasteiger partial charge in [-0.15, -0.1) is 6.42 Å². The molecule has 3 heterocycles. The van der Waals surface area contributed by atoms with E-state index in [0.29, 0.717) is 11.3 Å². The molecule has 2 aromatic rings. The number of ether oxygens (including phenoxy) is 1. The third-order valence-corrected chi connectivity index (χ3v) is 4.09. The zero-order valence-electron chi connectivity index (χ0n) is 11.9. The highest BCUT2D eigenvalue weighted by Crippen LogP contribution is 2.42. The van der Waals surface area contributed by atoms with Crippen molar-refractivity contribution in [3.8, 4) is 12.3 Å². The van der Waals surface area contributed by atoms with E-state index in [1.807, 2.05) is 5.92 Å². The van der Waals surface area contributed by atoms with E-state index in [2.05, 4.69) is 36.2 Å². The SMILES string of the molecule is C#C[C@@]1(F)[C@H](O)[C@@H](CO)O[C@H]1n1cnc2c(NC)nc(Br)nc21. The molecule has 122 valence electrons. The van der Waals surface area contributed by atoms with Gasteiger partial charge in [-0.05, 0) is 15.9 Å². The average molecular weight is 386 g/mol. The lowest BCUT2D eigenvalue weighted by Gasteiger charge is -2.23. The standard InChI is InChI=1S/C13H13BrFN5O3/c1-3-13(15)8(22)6(4-21)23-11(13)20-5-17-7-9(16-2)18-12(14)19-10(7)20/h1,5-6,8,11,21-22H,4H2,2H3,(H,16,18,19)/t6-,8-,11-,13-/m1/s1. The average Bonchev–Trinajstić information content (AvgIpc) is 3.07. The van der Waals surface area contributed by atoms with Gasteiger partial charge in [0.15, 0.2) is 23.2 Å².